The molecule has 0 aliphatic carbocycles. The third kappa shape index (κ3) is 3.03. The van der Waals surface area contributed by atoms with E-state index in [9.17, 15) is 13.2 Å². The SMILES string of the molecule is CN1CCCC(N(C)S(=O)(=O)c2cc(C(=O)O)cs2)C1. The predicted molar refractivity (Wildman–Crippen MR) is 76.7 cm³/mol. The van der Waals surface area contributed by atoms with Crippen molar-refractivity contribution in [2.45, 2.75) is 23.1 Å². The first-order valence-electron chi connectivity index (χ1n) is 6.31. The molecule has 6 nitrogen and oxygen atoms in total. The van der Waals surface area contributed by atoms with Crippen molar-refractivity contribution in [3.05, 3.63) is 17.0 Å². The van der Waals surface area contributed by atoms with Crippen molar-refractivity contribution in [2.75, 3.05) is 27.2 Å². The maximum Gasteiger partial charge on any atom is 0.336 e. The highest BCUT2D eigenvalue weighted by Gasteiger charge is 2.31. The van der Waals surface area contributed by atoms with Crippen LogP contribution < -0.4 is 0 Å². The summed E-state index contributed by atoms with van der Waals surface area (Å²) >= 11 is 0.954. The summed E-state index contributed by atoms with van der Waals surface area (Å²) in [5.41, 5.74) is 0.0164. The number of carboxylic acids is 1. The second-order valence-electron chi connectivity index (χ2n) is 5.04. The van der Waals surface area contributed by atoms with Crippen LogP contribution in [0.2, 0.25) is 0 Å². The lowest BCUT2D eigenvalue weighted by molar-refractivity contribution is 0.0697. The van der Waals surface area contributed by atoms with Gasteiger partial charge in [0.2, 0.25) is 0 Å². The van der Waals surface area contributed by atoms with E-state index >= 15 is 0 Å². The molecule has 1 fully saturated rings. The summed E-state index contributed by atoms with van der Waals surface area (Å²) in [5, 5.41) is 10.2. The lowest BCUT2D eigenvalue weighted by Crippen LogP contribution is -2.47. The van der Waals surface area contributed by atoms with Gasteiger partial charge in [-0.1, -0.05) is 0 Å². The number of carbonyl (C=O) groups is 1. The molecule has 1 saturated heterocycles. The van der Waals surface area contributed by atoms with Gasteiger partial charge < -0.3 is 10.0 Å². The molecular formula is C12H18N2O4S2. The molecule has 1 aliphatic heterocycles. The zero-order chi connectivity index (χ0) is 14.9. The number of hydrogen-bond acceptors (Lipinski definition) is 5. The van der Waals surface area contributed by atoms with E-state index in [1.807, 2.05) is 7.05 Å². The van der Waals surface area contributed by atoms with Gasteiger partial charge >= 0.3 is 5.97 Å². The number of likely N-dealkylation sites (tertiary alicyclic amines) is 1. The van der Waals surface area contributed by atoms with Crippen LogP contribution in [0.25, 0.3) is 0 Å². The first kappa shape index (κ1) is 15.4. The van der Waals surface area contributed by atoms with Crippen LogP contribution >= 0.6 is 11.3 Å². The number of thiophene rings is 1. The number of piperidine rings is 1. The minimum Gasteiger partial charge on any atom is -0.478 e. The summed E-state index contributed by atoms with van der Waals surface area (Å²) < 4.78 is 26.5. The first-order valence-corrected chi connectivity index (χ1v) is 8.62. The Morgan fingerprint density at radius 2 is 2.25 bits per heavy atom. The van der Waals surface area contributed by atoms with E-state index in [0.29, 0.717) is 6.54 Å². The molecule has 1 aliphatic rings. The molecule has 0 aromatic carbocycles. The highest BCUT2D eigenvalue weighted by Crippen LogP contribution is 2.26. The predicted octanol–water partition coefficient (Wildman–Crippen LogP) is 1.16. The molecule has 1 atom stereocenters. The molecule has 8 heteroatoms. The number of sulfonamides is 1. The highest BCUT2D eigenvalue weighted by atomic mass is 32.2. The van der Waals surface area contributed by atoms with E-state index in [0.717, 1.165) is 30.7 Å². The Kier molecular flexibility index (Phi) is 4.48. The van der Waals surface area contributed by atoms with Crippen molar-refractivity contribution in [3.63, 3.8) is 0 Å². The molecule has 1 aromatic heterocycles. The summed E-state index contributed by atoms with van der Waals surface area (Å²) in [5.74, 6) is -1.11. The van der Waals surface area contributed by atoms with Crippen LogP contribution in [0.5, 0.6) is 0 Å². The van der Waals surface area contributed by atoms with Crippen LogP contribution in [0.1, 0.15) is 23.2 Å². The van der Waals surface area contributed by atoms with Gasteiger partial charge in [-0.25, -0.2) is 13.2 Å². The highest BCUT2D eigenvalue weighted by molar-refractivity contribution is 7.91. The summed E-state index contributed by atoms with van der Waals surface area (Å²) in [6.45, 7) is 1.68. The molecule has 1 N–H and O–H groups in total. The van der Waals surface area contributed by atoms with Crippen molar-refractivity contribution in [1.82, 2.24) is 9.21 Å². The van der Waals surface area contributed by atoms with E-state index in [-0.39, 0.29) is 15.8 Å². The Hall–Kier alpha value is -0.960. The van der Waals surface area contributed by atoms with E-state index in [1.165, 1.54) is 15.8 Å². The Morgan fingerprint density at radius 3 is 2.80 bits per heavy atom. The van der Waals surface area contributed by atoms with E-state index in [4.69, 9.17) is 5.11 Å². The summed E-state index contributed by atoms with van der Waals surface area (Å²) in [6, 6.07) is 1.17. The largest absolute Gasteiger partial charge is 0.478 e. The first-order chi connectivity index (χ1) is 9.32. The van der Waals surface area contributed by atoms with E-state index in [2.05, 4.69) is 4.90 Å². The third-order valence-corrected chi connectivity index (χ3v) is 6.89. The molecule has 112 valence electrons. The fourth-order valence-electron chi connectivity index (χ4n) is 2.34. The van der Waals surface area contributed by atoms with Crippen LogP contribution in [0, 0.1) is 0 Å². The van der Waals surface area contributed by atoms with Crippen LogP contribution in [-0.4, -0.2) is 61.9 Å². The zero-order valence-corrected chi connectivity index (χ0v) is 13.1. The normalized spacial score (nSPS) is 21.2. The summed E-state index contributed by atoms with van der Waals surface area (Å²) in [6.07, 6.45) is 1.79. The Bertz CT molecular complexity index is 596. The maximum absolute atomic E-state index is 12.5. The van der Waals surface area contributed by atoms with Gasteiger partial charge in [0.05, 0.1) is 5.56 Å². The monoisotopic (exact) mass is 318 g/mol. The molecule has 1 aromatic rings. The molecule has 0 bridgehead atoms. The van der Waals surface area contributed by atoms with Crippen molar-refractivity contribution in [3.8, 4) is 0 Å². The van der Waals surface area contributed by atoms with Crippen molar-refractivity contribution in [1.29, 1.82) is 0 Å². The summed E-state index contributed by atoms with van der Waals surface area (Å²) in [4.78, 5) is 13.0. The van der Waals surface area contributed by atoms with Crippen LogP contribution in [0.4, 0.5) is 0 Å². The van der Waals surface area contributed by atoms with Gasteiger partial charge in [0, 0.05) is 25.0 Å². The number of nitrogens with zero attached hydrogens (tertiary/aromatic N) is 2. The number of likely N-dealkylation sites (N-methyl/N-ethyl adjacent to an activating group) is 2. The van der Waals surface area contributed by atoms with E-state index < -0.39 is 16.0 Å². The van der Waals surface area contributed by atoms with Gasteiger partial charge in [-0.15, -0.1) is 11.3 Å². The van der Waals surface area contributed by atoms with Crippen LogP contribution in [0.3, 0.4) is 0 Å². The second-order valence-corrected chi connectivity index (χ2v) is 8.17. The molecule has 2 heterocycles. The van der Waals surface area contributed by atoms with Crippen molar-refractivity contribution >= 4 is 27.3 Å². The van der Waals surface area contributed by atoms with Crippen LogP contribution in [0.15, 0.2) is 15.7 Å². The molecule has 0 spiro atoms. The lowest BCUT2D eigenvalue weighted by Gasteiger charge is -2.34. The second kappa shape index (κ2) is 5.80. The standard InChI is InChI=1S/C12H18N2O4S2/c1-13-5-3-4-10(7-13)14(2)20(17,18)11-6-9(8-19-11)12(15)16/h6,8,10H,3-5,7H2,1-2H3,(H,15,16). The fraction of sp³-hybridized carbons (Fsp3) is 0.583. The third-order valence-electron chi connectivity index (χ3n) is 3.57. The average molecular weight is 318 g/mol. The van der Waals surface area contributed by atoms with Gasteiger partial charge in [0.15, 0.2) is 0 Å². The molecular weight excluding hydrogens is 300 g/mol. The Labute approximate surface area is 122 Å². The Morgan fingerprint density at radius 1 is 1.55 bits per heavy atom. The van der Waals surface area contributed by atoms with Gasteiger partial charge in [-0.3, -0.25) is 0 Å². The Balaban J connectivity index is 2.22. The van der Waals surface area contributed by atoms with Crippen LogP contribution in [-0.2, 0) is 10.0 Å². The minimum absolute atomic E-state index is 0.0164. The fourth-order valence-corrected chi connectivity index (χ4v) is 5.05. The van der Waals surface area contributed by atoms with Crippen molar-refractivity contribution in [2.24, 2.45) is 0 Å². The minimum atomic E-state index is -3.61. The number of aromatic carboxylic acids is 1. The number of carboxylic acid groups (broad SMARTS) is 1. The average Bonchev–Trinajstić information content (AvgIpc) is 2.88. The van der Waals surface area contributed by atoms with E-state index in [1.54, 1.807) is 7.05 Å². The van der Waals surface area contributed by atoms with Gasteiger partial charge in [-0.2, -0.15) is 4.31 Å². The van der Waals surface area contributed by atoms with Gasteiger partial charge in [0.25, 0.3) is 10.0 Å². The van der Waals surface area contributed by atoms with Gasteiger partial charge in [0.1, 0.15) is 4.21 Å². The van der Waals surface area contributed by atoms with Gasteiger partial charge in [-0.05, 0) is 32.5 Å². The topological polar surface area (TPSA) is 77.9 Å². The lowest BCUT2D eigenvalue weighted by atomic mass is 10.1. The van der Waals surface area contributed by atoms with Crippen molar-refractivity contribution < 1.29 is 18.3 Å². The molecule has 20 heavy (non-hydrogen) atoms. The molecule has 0 radical (unpaired) electrons. The zero-order valence-electron chi connectivity index (χ0n) is 11.4. The maximum atomic E-state index is 12.5. The number of rotatable bonds is 4. The summed E-state index contributed by atoms with van der Waals surface area (Å²) in [7, 11) is -0.0716. The molecule has 0 amide bonds. The molecule has 2 rings (SSSR count). The smallest absolute Gasteiger partial charge is 0.336 e. The molecule has 1 unspecified atom stereocenters. The number of hydrogen-bond donors (Lipinski definition) is 1. The quantitative estimate of drug-likeness (QED) is 0.901. The molecule has 0 saturated carbocycles.